The van der Waals surface area contributed by atoms with Gasteiger partial charge in [0.15, 0.2) is 5.96 Å². The molecule has 2 rings (SSSR count). The molecule has 0 saturated carbocycles. The molecular formula is C22H33N7O4S. The molecule has 0 spiro atoms. The molecule has 10 N–H and O–H groups in total. The second-order valence-electron chi connectivity index (χ2n) is 8.65. The first-order chi connectivity index (χ1) is 15.9. The molecule has 34 heavy (non-hydrogen) atoms. The molecule has 2 amide bonds. The van der Waals surface area contributed by atoms with Gasteiger partial charge in [-0.3, -0.25) is 15.0 Å². The van der Waals surface area contributed by atoms with Crippen LogP contribution in [0.4, 0.5) is 0 Å². The van der Waals surface area contributed by atoms with Gasteiger partial charge in [0.2, 0.25) is 11.8 Å². The molecule has 1 aromatic heterocycles. The Bertz CT molecular complexity index is 1030. The van der Waals surface area contributed by atoms with Crippen molar-refractivity contribution in [3.63, 3.8) is 0 Å². The highest BCUT2D eigenvalue weighted by molar-refractivity contribution is 7.81. The average Bonchev–Trinajstić information content (AvgIpc) is 3.15. The van der Waals surface area contributed by atoms with Crippen LogP contribution >= 0.6 is 12.6 Å². The third-order valence-corrected chi connectivity index (χ3v) is 5.57. The summed E-state index contributed by atoms with van der Waals surface area (Å²) in [6.45, 7) is 3.54. The fraction of sp³-hybridized carbons (Fsp3) is 0.455. The number of guanidine groups is 1. The molecule has 0 aliphatic heterocycles. The van der Waals surface area contributed by atoms with Gasteiger partial charge in [-0.1, -0.05) is 18.2 Å². The zero-order chi connectivity index (χ0) is 25.5. The van der Waals surface area contributed by atoms with Crippen molar-refractivity contribution in [2.45, 2.75) is 56.0 Å². The van der Waals surface area contributed by atoms with E-state index in [1.165, 1.54) is 0 Å². The highest BCUT2D eigenvalue weighted by Crippen LogP contribution is 2.21. The molecule has 0 unspecified atom stereocenters. The van der Waals surface area contributed by atoms with Gasteiger partial charge >= 0.3 is 5.97 Å². The first kappa shape index (κ1) is 27.0. The third kappa shape index (κ3) is 7.66. The van der Waals surface area contributed by atoms with Gasteiger partial charge in [0, 0.05) is 34.8 Å². The van der Waals surface area contributed by atoms with Crippen LogP contribution in [0.1, 0.15) is 32.3 Å². The van der Waals surface area contributed by atoms with Crippen molar-refractivity contribution in [2.24, 2.45) is 11.5 Å². The van der Waals surface area contributed by atoms with Crippen molar-refractivity contribution in [3.05, 3.63) is 36.0 Å². The van der Waals surface area contributed by atoms with Crippen molar-refractivity contribution in [3.8, 4) is 0 Å². The van der Waals surface area contributed by atoms with Gasteiger partial charge in [0.1, 0.15) is 12.1 Å². The first-order valence-corrected chi connectivity index (χ1v) is 11.3. The van der Waals surface area contributed by atoms with Crippen LogP contribution in [0.3, 0.4) is 0 Å². The number of aromatic nitrogens is 1. The lowest BCUT2D eigenvalue weighted by molar-refractivity contribution is -0.143. The highest BCUT2D eigenvalue weighted by atomic mass is 32.1. The number of para-hydroxylation sites is 1. The van der Waals surface area contributed by atoms with Gasteiger partial charge in [0.05, 0.1) is 6.04 Å². The summed E-state index contributed by atoms with van der Waals surface area (Å²) in [6, 6.07) is 4.28. The van der Waals surface area contributed by atoms with E-state index in [1.54, 1.807) is 20.0 Å². The van der Waals surface area contributed by atoms with Gasteiger partial charge in [-0.2, -0.15) is 12.6 Å². The number of carbonyl (C=O) groups excluding carboxylic acids is 2. The molecule has 0 fully saturated rings. The molecule has 12 heteroatoms. The summed E-state index contributed by atoms with van der Waals surface area (Å²) < 4.78 is -1.04. The maximum Gasteiger partial charge on any atom is 0.327 e. The zero-order valence-corrected chi connectivity index (χ0v) is 20.1. The summed E-state index contributed by atoms with van der Waals surface area (Å²) in [7, 11) is 0. The van der Waals surface area contributed by atoms with Crippen molar-refractivity contribution in [1.29, 1.82) is 5.41 Å². The molecule has 2 aromatic rings. The van der Waals surface area contributed by atoms with Crippen LogP contribution in [0.25, 0.3) is 10.9 Å². The second kappa shape index (κ2) is 11.7. The number of carboxylic acid groups (broad SMARTS) is 1. The Labute approximate surface area is 203 Å². The number of benzene rings is 1. The number of hydrogen-bond donors (Lipinski definition) is 9. The van der Waals surface area contributed by atoms with Gasteiger partial charge < -0.3 is 37.5 Å². The molecule has 0 radical (unpaired) electrons. The smallest absolute Gasteiger partial charge is 0.327 e. The van der Waals surface area contributed by atoms with E-state index in [-0.39, 0.29) is 12.4 Å². The van der Waals surface area contributed by atoms with Crippen LogP contribution in [0.2, 0.25) is 0 Å². The molecule has 0 aliphatic rings. The summed E-state index contributed by atoms with van der Waals surface area (Å²) in [4.78, 5) is 40.7. The number of amides is 2. The Morgan fingerprint density at radius 1 is 1.21 bits per heavy atom. The standard InChI is InChI=1S/C22H33N7O4S/c1-22(2,34)17(20(32)33)29-19(31)16(10-12-11-27-15-8-4-3-6-13(12)15)28-18(30)14(23)7-5-9-26-21(24)25/h3-4,6,8,11,14,16-17,27,34H,5,7,9-10,23H2,1-2H3,(H,28,30)(H,29,31)(H,32,33)(H4,24,25,26)/t14-,16-,17+/m0/s1. The Morgan fingerprint density at radius 2 is 1.88 bits per heavy atom. The lowest BCUT2D eigenvalue weighted by Gasteiger charge is -2.29. The minimum Gasteiger partial charge on any atom is -0.480 e. The normalized spacial score (nSPS) is 14.1. The maximum atomic E-state index is 13.1. The Hall–Kier alpha value is -3.25. The van der Waals surface area contributed by atoms with Crippen LogP contribution < -0.4 is 27.4 Å². The molecule has 11 nitrogen and oxygen atoms in total. The van der Waals surface area contributed by atoms with Crippen LogP contribution in [0.5, 0.6) is 0 Å². The molecule has 0 saturated heterocycles. The molecule has 0 bridgehead atoms. The average molecular weight is 492 g/mol. The minimum absolute atomic E-state index is 0.125. The number of nitrogens with one attached hydrogen (secondary N) is 5. The van der Waals surface area contributed by atoms with E-state index >= 15 is 0 Å². The van der Waals surface area contributed by atoms with Crippen molar-refractivity contribution < 1.29 is 19.5 Å². The van der Waals surface area contributed by atoms with E-state index in [2.05, 4.69) is 33.6 Å². The van der Waals surface area contributed by atoms with E-state index < -0.39 is 40.7 Å². The summed E-state index contributed by atoms with van der Waals surface area (Å²) in [5.41, 5.74) is 12.9. The van der Waals surface area contributed by atoms with E-state index in [0.717, 1.165) is 16.5 Å². The summed E-state index contributed by atoms with van der Waals surface area (Å²) in [6.07, 6.45) is 2.67. The monoisotopic (exact) mass is 491 g/mol. The SMILES string of the molecule is CC(C)(S)[C@H](NC(=O)[C@H](Cc1c[nH]c2ccccc12)NC(=O)[C@@H](N)CCCNC(=N)N)C(=O)O. The predicted molar refractivity (Wildman–Crippen MR) is 134 cm³/mol. The van der Waals surface area contributed by atoms with Crippen molar-refractivity contribution >= 4 is 47.3 Å². The Balaban J connectivity index is 2.19. The number of thiol groups is 1. The van der Waals surface area contributed by atoms with Gasteiger partial charge in [0.25, 0.3) is 0 Å². The van der Waals surface area contributed by atoms with Crippen molar-refractivity contribution in [1.82, 2.24) is 20.9 Å². The van der Waals surface area contributed by atoms with Gasteiger partial charge in [-0.15, -0.1) is 0 Å². The molecule has 1 heterocycles. The molecule has 0 aliphatic carbocycles. The van der Waals surface area contributed by atoms with E-state index in [4.69, 9.17) is 16.9 Å². The van der Waals surface area contributed by atoms with Crippen molar-refractivity contribution in [2.75, 3.05) is 6.54 Å². The van der Waals surface area contributed by atoms with Crippen LogP contribution in [0, 0.1) is 5.41 Å². The molecule has 1 aromatic carbocycles. The van der Waals surface area contributed by atoms with E-state index in [9.17, 15) is 19.5 Å². The van der Waals surface area contributed by atoms with E-state index in [1.807, 2.05) is 24.3 Å². The lowest BCUT2D eigenvalue weighted by Crippen LogP contribution is -2.58. The topological polar surface area (TPSA) is 199 Å². The zero-order valence-electron chi connectivity index (χ0n) is 19.2. The first-order valence-electron chi connectivity index (χ1n) is 10.8. The van der Waals surface area contributed by atoms with Crippen LogP contribution in [0.15, 0.2) is 30.5 Å². The summed E-state index contributed by atoms with van der Waals surface area (Å²) in [5, 5.41) is 25.4. The van der Waals surface area contributed by atoms with Gasteiger partial charge in [-0.05, 0) is 38.3 Å². The number of nitrogens with two attached hydrogens (primary N) is 2. The second-order valence-corrected chi connectivity index (χ2v) is 9.80. The number of hydrogen-bond acceptors (Lipinski definition) is 6. The number of carbonyl (C=O) groups is 3. The maximum absolute atomic E-state index is 13.1. The number of rotatable bonds is 12. The summed E-state index contributed by atoms with van der Waals surface area (Å²) >= 11 is 4.30. The van der Waals surface area contributed by atoms with Crippen LogP contribution in [-0.2, 0) is 20.8 Å². The molecule has 186 valence electrons. The number of fused-ring (bicyclic) bond motifs is 1. The number of aliphatic carboxylic acids is 1. The Morgan fingerprint density at radius 3 is 2.50 bits per heavy atom. The highest BCUT2D eigenvalue weighted by Gasteiger charge is 2.36. The predicted octanol–water partition coefficient (Wildman–Crippen LogP) is 0.0636. The number of H-pyrrole nitrogens is 1. The van der Waals surface area contributed by atoms with Crippen LogP contribution in [-0.4, -0.2) is 63.3 Å². The minimum atomic E-state index is -1.28. The Kier molecular flexibility index (Phi) is 9.33. The lowest BCUT2D eigenvalue weighted by atomic mass is 10.00. The van der Waals surface area contributed by atoms with Gasteiger partial charge in [-0.25, -0.2) is 4.79 Å². The number of aromatic amines is 1. The number of carboxylic acids is 1. The third-order valence-electron chi connectivity index (χ3n) is 5.32. The molecular weight excluding hydrogens is 458 g/mol. The fourth-order valence-electron chi connectivity index (χ4n) is 3.47. The summed E-state index contributed by atoms with van der Waals surface area (Å²) in [5.74, 6) is -2.60. The quantitative estimate of drug-likeness (QED) is 0.0865. The fourth-order valence-corrected chi connectivity index (χ4v) is 3.64. The molecule has 3 atom stereocenters. The largest absolute Gasteiger partial charge is 0.480 e. The van der Waals surface area contributed by atoms with E-state index in [0.29, 0.717) is 19.4 Å².